The van der Waals surface area contributed by atoms with Gasteiger partial charge in [0.2, 0.25) is 0 Å². The van der Waals surface area contributed by atoms with Crippen LogP contribution in [0.1, 0.15) is 22.8 Å². The van der Waals surface area contributed by atoms with Crippen molar-refractivity contribution in [3.8, 4) is 0 Å². The summed E-state index contributed by atoms with van der Waals surface area (Å²) in [6, 6.07) is 9.66. The minimum absolute atomic E-state index is 0.496. The highest BCUT2D eigenvalue weighted by Crippen LogP contribution is 2.19. The van der Waals surface area contributed by atoms with E-state index in [1.165, 1.54) is 0 Å². The lowest BCUT2D eigenvalue weighted by Gasteiger charge is -2.10. The minimum Gasteiger partial charge on any atom is -0.472 e. The molecule has 1 aromatic carbocycles. The number of hydrogen-bond acceptors (Lipinski definition) is 3. The fourth-order valence-corrected chi connectivity index (χ4v) is 1.75. The molecule has 17 heavy (non-hydrogen) atoms. The minimum atomic E-state index is -0.496. The molecule has 0 saturated heterocycles. The molecule has 3 heteroatoms. The Morgan fingerprint density at radius 2 is 1.94 bits per heavy atom. The highest BCUT2D eigenvalue weighted by molar-refractivity contribution is 5.25. The van der Waals surface area contributed by atoms with Gasteiger partial charge in [-0.05, 0) is 22.8 Å². The Morgan fingerprint density at radius 1 is 1.18 bits per heavy atom. The zero-order valence-corrected chi connectivity index (χ0v) is 9.80. The number of methoxy groups -OCH3 is 1. The monoisotopic (exact) mass is 232 g/mol. The Hall–Kier alpha value is -1.58. The molecule has 2 rings (SSSR count). The molecule has 1 heterocycles. The topological polar surface area (TPSA) is 42.6 Å². The van der Waals surface area contributed by atoms with Gasteiger partial charge >= 0.3 is 0 Å². The number of furan rings is 1. The van der Waals surface area contributed by atoms with Crippen molar-refractivity contribution >= 4 is 0 Å². The van der Waals surface area contributed by atoms with Gasteiger partial charge in [0.25, 0.3) is 0 Å². The van der Waals surface area contributed by atoms with Crippen LogP contribution < -0.4 is 0 Å². The van der Waals surface area contributed by atoms with Gasteiger partial charge in [-0.3, -0.25) is 0 Å². The highest BCUT2D eigenvalue weighted by Gasteiger charge is 2.09. The Balaban J connectivity index is 2.01. The molecule has 3 nitrogen and oxygen atoms in total. The van der Waals surface area contributed by atoms with Gasteiger partial charge < -0.3 is 14.3 Å². The van der Waals surface area contributed by atoms with Crippen molar-refractivity contribution in [1.29, 1.82) is 0 Å². The van der Waals surface area contributed by atoms with Crippen molar-refractivity contribution < 1.29 is 14.3 Å². The van der Waals surface area contributed by atoms with E-state index < -0.39 is 6.10 Å². The third-order valence-electron chi connectivity index (χ3n) is 2.68. The number of benzene rings is 1. The van der Waals surface area contributed by atoms with Gasteiger partial charge in [0.1, 0.15) is 0 Å². The standard InChI is InChI=1S/C14H16O3/c1-16-9-11-2-4-13(5-3-11)14(15)8-12-6-7-17-10-12/h2-7,10,14-15H,8-9H2,1H3. The normalized spacial score (nSPS) is 12.6. The predicted octanol–water partition coefficient (Wildman–Crippen LogP) is 2.70. The summed E-state index contributed by atoms with van der Waals surface area (Å²) in [7, 11) is 1.67. The molecule has 1 N–H and O–H groups in total. The van der Waals surface area contributed by atoms with Crippen molar-refractivity contribution in [2.24, 2.45) is 0 Å². The number of ether oxygens (including phenoxy) is 1. The second-order valence-electron chi connectivity index (χ2n) is 4.03. The van der Waals surface area contributed by atoms with E-state index in [4.69, 9.17) is 9.15 Å². The highest BCUT2D eigenvalue weighted by atomic mass is 16.5. The maximum Gasteiger partial charge on any atom is 0.0935 e. The van der Waals surface area contributed by atoms with Gasteiger partial charge in [0.05, 0.1) is 25.2 Å². The summed E-state index contributed by atoms with van der Waals surface area (Å²) in [5.74, 6) is 0. The zero-order valence-electron chi connectivity index (χ0n) is 9.80. The van der Waals surface area contributed by atoms with E-state index in [2.05, 4.69) is 0 Å². The van der Waals surface area contributed by atoms with Gasteiger partial charge in [0, 0.05) is 13.5 Å². The lowest BCUT2D eigenvalue weighted by atomic mass is 10.0. The van der Waals surface area contributed by atoms with E-state index in [1.54, 1.807) is 19.6 Å². The molecule has 1 unspecified atom stereocenters. The van der Waals surface area contributed by atoms with E-state index in [-0.39, 0.29) is 0 Å². The van der Waals surface area contributed by atoms with Crippen LogP contribution in [-0.4, -0.2) is 12.2 Å². The zero-order chi connectivity index (χ0) is 12.1. The van der Waals surface area contributed by atoms with Crippen LogP contribution in [0, 0.1) is 0 Å². The molecule has 0 aliphatic heterocycles. The third-order valence-corrected chi connectivity index (χ3v) is 2.68. The summed E-state index contributed by atoms with van der Waals surface area (Å²) in [6.45, 7) is 0.595. The van der Waals surface area contributed by atoms with E-state index >= 15 is 0 Å². The lowest BCUT2D eigenvalue weighted by Crippen LogP contribution is -2.01. The maximum atomic E-state index is 10.0. The molecule has 0 fully saturated rings. The van der Waals surface area contributed by atoms with Crippen LogP contribution >= 0.6 is 0 Å². The quantitative estimate of drug-likeness (QED) is 0.861. The second kappa shape index (κ2) is 5.66. The van der Waals surface area contributed by atoms with Crippen molar-refractivity contribution in [2.45, 2.75) is 19.1 Å². The van der Waals surface area contributed by atoms with Crippen LogP contribution in [0.25, 0.3) is 0 Å². The molecule has 90 valence electrons. The molecule has 0 aliphatic carbocycles. The molecule has 0 spiro atoms. The first-order valence-corrected chi connectivity index (χ1v) is 5.56. The molecule has 0 bridgehead atoms. The number of rotatable bonds is 5. The third kappa shape index (κ3) is 3.19. The fraction of sp³-hybridized carbons (Fsp3) is 0.286. The number of aliphatic hydroxyl groups is 1. The van der Waals surface area contributed by atoms with Crippen LogP contribution in [0.5, 0.6) is 0 Å². The van der Waals surface area contributed by atoms with Gasteiger partial charge in [-0.25, -0.2) is 0 Å². The average Bonchev–Trinajstić information content (AvgIpc) is 2.83. The Kier molecular flexibility index (Phi) is 3.96. The summed E-state index contributed by atoms with van der Waals surface area (Å²) >= 11 is 0. The van der Waals surface area contributed by atoms with Crippen molar-refractivity contribution in [1.82, 2.24) is 0 Å². The SMILES string of the molecule is COCc1ccc(C(O)Cc2ccoc2)cc1. The number of aliphatic hydroxyl groups excluding tert-OH is 1. The van der Waals surface area contributed by atoms with Crippen molar-refractivity contribution in [2.75, 3.05) is 7.11 Å². The van der Waals surface area contributed by atoms with E-state index in [1.807, 2.05) is 30.3 Å². The first-order chi connectivity index (χ1) is 8.29. The second-order valence-corrected chi connectivity index (χ2v) is 4.03. The summed E-state index contributed by atoms with van der Waals surface area (Å²) in [5, 5.41) is 10.0. The predicted molar refractivity (Wildman–Crippen MR) is 64.5 cm³/mol. The van der Waals surface area contributed by atoms with E-state index in [9.17, 15) is 5.11 Å². The summed E-state index contributed by atoms with van der Waals surface area (Å²) in [5.41, 5.74) is 3.01. The van der Waals surface area contributed by atoms with Gasteiger partial charge in [-0.15, -0.1) is 0 Å². The first-order valence-electron chi connectivity index (χ1n) is 5.56. The van der Waals surface area contributed by atoms with Crippen LogP contribution in [0.15, 0.2) is 47.3 Å². The maximum absolute atomic E-state index is 10.0. The molecule has 0 amide bonds. The first kappa shape index (κ1) is 11.9. The molecule has 0 saturated carbocycles. The number of hydrogen-bond donors (Lipinski definition) is 1. The molecule has 1 aromatic heterocycles. The smallest absolute Gasteiger partial charge is 0.0935 e. The van der Waals surface area contributed by atoms with Crippen LogP contribution in [0.4, 0.5) is 0 Å². The van der Waals surface area contributed by atoms with Crippen LogP contribution in [0.3, 0.4) is 0 Å². The molecule has 0 radical (unpaired) electrons. The van der Waals surface area contributed by atoms with Gasteiger partial charge in [0.15, 0.2) is 0 Å². The van der Waals surface area contributed by atoms with Gasteiger partial charge in [-0.1, -0.05) is 24.3 Å². The van der Waals surface area contributed by atoms with Crippen molar-refractivity contribution in [3.63, 3.8) is 0 Å². The summed E-state index contributed by atoms with van der Waals surface area (Å²) in [4.78, 5) is 0. The van der Waals surface area contributed by atoms with E-state index in [0.717, 1.165) is 16.7 Å². The lowest BCUT2D eigenvalue weighted by molar-refractivity contribution is 0.177. The Labute approximate surface area is 101 Å². The Morgan fingerprint density at radius 3 is 2.53 bits per heavy atom. The van der Waals surface area contributed by atoms with E-state index in [0.29, 0.717) is 13.0 Å². The Bertz CT molecular complexity index is 431. The summed E-state index contributed by atoms with van der Waals surface area (Å²) < 4.78 is 10.0. The fourth-order valence-electron chi connectivity index (χ4n) is 1.75. The van der Waals surface area contributed by atoms with Gasteiger partial charge in [-0.2, -0.15) is 0 Å². The molecule has 0 aliphatic rings. The van der Waals surface area contributed by atoms with Crippen LogP contribution in [0.2, 0.25) is 0 Å². The van der Waals surface area contributed by atoms with Crippen LogP contribution in [-0.2, 0) is 17.8 Å². The average molecular weight is 232 g/mol. The molecule has 1 atom stereocenters. The molecule has 2 aromatic rings. The molecular formula is C14H16O3. The largest absolute Gasteiger partial charge is 0.472 e. The summed E-state index contributed by atoms with van der Waals surface area (Å²) in [6.07, 6.45) is 3.34. The van der Waals surface area contributed by atoms with Crippen molar-refractivity contribution in [3.05, 3.63) is 59.5 Å². The molecular weight excluding hydrogens is 216 g/mol.